The van der Waals surface area contributed by atoms with Crippen LogP contribution in [0.15, 0.2) is 24.3 Å². The van der Waals surface area contributed by atoms with Gasteiger partial charge in [0.25, 0.3) is 0 Å². The summed E-state index contributed by atoms with van der Waals surface area (Å²) in [5, 5.41) is 0.762. The Bertz CT molecular complexity index is 1030. The number of carbonyl (C=O) groups excluding carboxylic acids is 3. The van der Waals surface area contributed by atoms with Gasteiger partial charge < -0.3 is 19.4 Å². The molecule has 1 saturated carbocycles. The van der Waals surface area contributed by atoms with Crippen LogP contribution in [-0.4, -0.2) is 97.0 Å². The third-order valence-electron chi connectivity index (χ3n) is 9.34. The molecule has 1 atom stereocenters. The normalized spacial score (nSPS) is 25.1. The smallest absolute Gasteiger partial charge is 0.312 e. The quantitative estimate of drug-likeness (QED) is 0.526. The van der Waals surface area contributed by atoms with Crippen LogP contribution in [0, 0.1) is 5.41 Å². The molecule has 0 aromatic heterocycles. The molecule has 0 N–H and O–H groups in total. The minimum absolute atomic E-state index is 0.0473. The van der Waals surface area contributed by atoms with Crippen LogP contribution in [0.5, 0.6) is 0 Å². The first kappa shape index (κ1) is 26.3. The Labute approximate surface area is 224 Å². The number of hydrogen-bond donors (Lipinski definition) is 0. The molecule has 8 nitrogen and oxygen atoms in total. The SMILES string of the molecule is CC(=O)N(C)C1(C(=O)N2CCC3(CC2)C[C@H](CCN2CCN(c4cccc(Cl)c4)CC2)OC3=O)CCC1. The molecule has 1 spiro atoms. The van der Waals surface area contributed by atoms with Crippen LogP contribution in [0.2, 0.25) is 5.02 Å². The molecule has 2 amide bonds. The van der Waals surface area contributed by atoms with Crippen LogP contribution in [0.3, 0.4) is 0 Å². The summed E-state index contributed by atoms with van der Waals surface area (Å²) in [7, 11) is 1.74. The zero-order valence-corrected chi connectivity index (χ0v) is 22.8. The van der Waals surface area contributed by atoms with Gasteiger partial charge in [0, 0.05) is 76.9 Å². The lowest BCUT2D eigenvalue weighted by Gasteiger charge is -2.50. The lowest BCUT2D eigenvalue weighted by Crippen LogP contribution is -2.64. The van der Waals surface area contributed by atoms with Crippen molar-refractivity contribution in [2.45, 2.75) is 63.5 Å². The molecular weight excluding hydrogens is 492 g/mol. The van der Waals surface area contributed by atoms with E-state index in [0.717, 1.165) is 69.9 Å². The summed E-state index contributed by atoms with van der Waals surface area (Å²) in [5.74, 6) is -0.115. The molecule has 1 aliphatic carbocycles. The summed E-state index contributed by atoms with van der Waals surface area (Å²) in [6.45, 7) is 7.42. The summed E-state index contributed by atoms with van der Waals surface area (Å²) >= 11 is 6.15. The van der Waals surface area contributed by atoms with Gasteiger partial charge in [0.05, 0.1) is 5.41 Å². The third-order valence-corrected chi connectivity index (χ3v) is 9.57. The Hall–Kier alpha value is -2.32. The molecule has 0 radical (unpaired) electrons. The standard InChI is InChI=1S/C28H39ClN4O4/c1-21(34)30(2)28(8-4-9-28)25(35)33-13-10-27(11-14-33)20-24(37-26(27)36)7-12-31-15-17-32(18-16-31)23-6-3-5-22(29)19-23/h3,5-6,19,24H,4,7-18,20H2,1-2H3/t24-/m0/s1. The molecule has 0 bridgehead atoms. The molecule has 0 unspecified atom stereocenters. The highest BCUT2D eigenvalue weighted by molar-refractivity contribution is 6.30. The fourth-order valence-electron chi connectivity index (χ4n) is 6.57. The zero-order valence-electron chi connectivity index (χ0n) is 22.1. The maximum Gasteiger partial charge on any atom is 0.312 e. The minimum atomic E-state index is -0.689. The Balaban J connectivity index is 1.09. The van der Waals surface area contributed by atoms with E-state index in [1.807, 2.05) is 23.1 Å². The molecule has 5 rings (SSSR count). The van der Waals surface area contributed by atoms with Crippen molar-refractivity contribution in [3.63, 3.8) is 0 Å². The summed E-state index contributed by atoms with van der Waals surface area (Å²) in [5.41, 5.74) is 0.0116. The van der Waals surface area contributed by atoms with Crippen LogP contribution in [0.25, 0.3) is 0 Å². The number of piperazine rings is 1. The lowest BCUT2D eigenvalue weighted by molar-refractivity contribution is -0.162. The Morgan fingerprint density at radius 2 is 1.78 bits per heavy atom. The molecule has 202 valence electrons. The van der Waals surface area contributed by atoms with Gasteiger partial charge >= 0.3 is 5.97 Å². The third kappa shape index (κ3) is 5.07. The van der Waals surface area contributed by atoms with Gasteiger partial charge in [-0.05, 0) is 56.7 Å². The molecule has 37 heavy (non-hydrogen) atoms. The number of likely N-dealkylation sites (tertiary alicyclic amines) is 1. The zero-order chi connectivity index (χ0) is 26.2. The van der Waals surface area contributed by atoms with E-state index < -0.39 is 11.0 Å². The molecule has 4 fully saturated rings. The fraction of sp³-hybridized carbons (Fsp3) is 0.679. The number of nitrogens with zero attached hydrogens (tertiary/aromatic N) is 4. The molecule has 1 aromatic carbocycles. The number of rotatable bonds is 6. The molecule has 1 aromatic rings. The van der Waals surface area contributed by atoms with Crippen LogP contribution in [-0.2, 0) is 19.1 Å². The number of halogens is 1. The fourth-order valence-corrected chi connectivity index (χ4v) is 6.76. The number of amides is 2. The molecule has 9 heteroatoms. The van der Waals surface area contributed by atoms with Crippen molar-refractivity contribution in [1.29, 1.82) is 0 Å². The maximum atomic E-state index is 13.4. The van der Waals surface area contributed by atoms with Gasteiger partial charge in [-0.1, -0.05) is 17.7 Å². The first-order valence-electron chi connectivity index (χ1n) is 13.7. The first-order chi connectivity index (χ1) is 17.7. The average molecular weight is 531 g/mol. The second kappa shape index (κ2) is 10.4. The van der Waals surface area contributed by atoms with E-state index in [1.54, 1.807) is 11.9 Å². The Morgan fingerprint density at radius 1 is 1.08 bits per heavy atom. The molecule has 4 aliphatic rings. The van der Waals surface area contributed by atoms with E-state index in [1.165, 1.54) is 12.6 Å². The number of likely N-dealkylation sites (N-methyl/N-ethyl adjacent to an activating group) is 1. The number of cyclic esters (lactones) is 1. The summed E-state index contributed by atoms with van der Waals surface area (Å²) < 4.78 is 5.87. The number of esters is 1. The van der Waals surface area contributed by atoms with Gasteiger partial charge in [-0.15, -0.1) is 0 Å². The number of benzene rings is 1. The van der Waals surface area contributed by atoms with Crippen molar-refractivity contribution in [3.8, 4) is 0 Å². The van der Waals surface area contributed by atoms with Crippen LogP contribution < -0.4 is 4.90 Å². The predicted octanol–water partition coefficient (Wildman–Crippen LogP) is 3.18. The van der Waals surface area contributed by atoms with Crippen LogP contribution in [0.1, 0.15) is 51.9 Å². The number of hydrogen-bond acceptors (Lipinski definition) is 6. The van der Waals surface area contributed by atoms with Crippen LogP contribution in [0.4, 0.5) is 5.69 Å². The van der Waals surface area contributed by atoms with Crippen molar-refractivity contribution < 1.29 is 19.1 Å². The summed E-state index contributed by atoms with van der Waals surface area (Å²) in [4.78, 5) is 46.7. The molecular formula is C28H39ClN4O4. The van der Waals surface area contributed by atoms with Gasteiger partial charge in [-0.3, -0.25) is 19.3 Å². The van der Waals surface area contributed by atoms with Gasteiger partial charge in [-0.25, -0.2) is 0 Å². The second-order valence-electron chi connectivity index (χ2n) is 11.4. The van der Waals surface area contributed by atoms with Crippen molar-refractivity contribution in [3.05, 3.63) is 29.3 Å². The number of ether oxygens (including phenoxy) is 1. The van der Waals surface area contributed by atoms with E-state index in [-0.39, 0.29) is 23.9 Å². The Kier molecular flexibility index (Phi) is 7.42. The van der Waals surface area contributed by atoms with Crippen LogP contribution >= 0.6 is 11.6 Å². The number of piperidine rings is 1. The monoisotopic (exact) mass is 530 g/mol. The minimum Gasteiger partial charge on any atom is -0.462 e. The van der Waals surface area contributed by atoms with E-state index in [0.29, 0.717) is 25.9 Å². The van der Waals surface area contributed by atoms with Crippen molar-refractivity contribution in [2.75, 3.05) is 57.8 Å². The highest BCUT2D eigenvalue weighted by atomic mass is 35.5. The highest BCUT2D eigenvalue weighted by Gasteiger charge is 2.54. The van der Waals surface area contributed by atoms with E-state index in [4.69, 9.17) is 16.3 Å². The van der Waals surface area contributed by atoms with Crippen molar-refractivity contribution in [1.82, 2.24) is 14.7 Å². The number of anilines is 1. The highest BCUT2D eigenvalue weighted by Crippen LogP contribution is 2.46. The van der Waals surface area contributed by atoms with E-state index in [9.17, 15) is 14.4 Å². The van der Waals surface area contributed by atoms with Gasteiger partial charge in [0.2, 0.25) is 11.8 Å². The van der Waals surface area contributed by atoms with Crippen molar-refractivity contribution in [2.24, 2.45) is 5.41 Å². The molecule has 3 saturated heterocycles. The van der Waals surface area contributed by atoms with E-state index >= 15 is 0 Å². The summed E-state index contributed by atoms with van der Waals surface area (Å²) in [6, 6.07) is 8.01. The number of carbonyl (C=O) groups is 3. The van der Waals surface area contributed by atoms with Gasteiger partial charge in [-0.2, -0.15) is 0 Å². The first-order valence-corrected chi connectivity index (χ1v) is 14.1. The average Bonchev–Trinajstić information content (AvgIpc) is 3.17. The van der Waals surface area contributed by atoms with Crippen molar-refractivity contribution >= 4 is 35.1 Å². The second-order valence-corrected chi connectivity index (χ2v) is 11.8. The molecule has 3 aliphatic heterocycles. The topological polar surface area (TPSA) is 73.4 Å². The van der Waals surface area contributed by atoms with E-state index in [2.05, 4.69) is 15.9 Å². The largest absolute Gasteiger partial charge is 0.462 e. The van der Waals surface area contributed by atoms with Gasteiger partial charge in [0.15, 0.2) is 0 Å². The van der Waals surface area contributed by atoms with Gasteiger partial charge in [0.1, 0.15) is 11.6 Å². The summed E-state index contributed by atoms with van der Waals surface area (Å²) in [6.07, 6.45) is 5.24. The predicted molar refractivity (Wildman–Crippen MR) is 142 cm³/mol. The lowest BCUT2D eigenvalue weighted by atomic mass is 9.72. The maximum absolute atomic E-state index is 13.4. The Morgan fingerprint density at radius 3 is 2.38 bits per heavy atom. The molecule has 3 heterocycles.